The number of hydrogen-bond donors (Lipinski definition) is 2. The van der Waals surface area contributed by atoms with Gasteiger partial charge in [-0.25, -0.2) is 8.78 Å². The van der Waals surface area contributed by atoms with Crippen molar-refractivity contribution in [1.82, 2.24) is 10.2 Å². The largest absolute Gasteiger partial charge is 0.495 e. The summed E-state index contributed by atoms with van der Waals surface area (Å²) >= 11 is 5.95. The summed E-state index contributed by atoms with van der Waals surface area (Å²) in [6.07, 6.45) is 0. The Bertz CT molecular complexity index is 486. The molecule has 1 aliphatic heterocycles. The van der Waals surface area contributed by atoms with Crippen molar-refractivity contribution in [1.29, 1.82) is 0 Å². The molecule has 0 aliphatic carbocycles. The van der Waals surface area contributed by atoms with Crippen LogP contribution in [-0.4, -0.2) is 55.8 Å². The van der Waals surface area contributed by atoms with E-state index < -0.39 is 18.6 Å². The van der Waals surface area contributed by atoms with Gasteiger partial charge in [0.15, 0.2) is 0 Å². The molecule has 1 aromatic carbocycles. The Balaban J connectivity index is 0.00000242. The molecule has 1 atom stereocenters. The zero-order valence-electron chi connectivity index (χ0n) is 12.2. The first-order valence-corrected chi connectivity index (χ1v) is 7.14. The Morgan fingerprint density at radius 1 is 1.41 bits per heavy atom. The van der Waals surface area contributed by atoms with E-state index in [1.807, 2.05) is 0 Å². The summed E-state index contributed by atoms with van der Waals surface area (Å²) in [4.78, 5) is 1.68. The highest BCUT2D eigenvalue weighted by atomic mass is 35.5. The van der Waals surface area contributed by atoms with Crippen molar-refractivity contribution in [2.24, 2.45) is 0 Å². The Kier molecular flexibility index (Phi) is 7.28. The molecule has 0 bridgehead atoms. The zero-order valence-corrected chi connectivity index (χ0v) is 13.8. The predicted molar refractivity (Wildman–Crippen MR) is 84.5 cm³/mol. The summed E-state index contributed by atoms with van der Waals surface area (Å²) in [5.41, 5.74) is 0.386. The second-order valence-corrected chi connectivity index (χ2v) is 5.41. The fourth-order valence-electron chi connectivity index (χ4n) is 2.60. The summed E-state index contributed by atoms with van der Waals surface area (Å²) in [7, 11) is 1.44. The minimum absolute atomic E-state index is 0. The van der Waals surface area contributed by atoms with E-state index in [2.05, 4.69) is 5.32 Å². The van der Waals surface area contributed by atoms with Crippen molar-refractivity contribution in [3.8, 4) is 5.75 Å². The van der Waals surface area contributed by atoms with Gasteiger partial charge in [-0.1, -0.05) is 17.7 Å². The van der Waals surface area contributed by atoms with Gasteiger partial charge in [-0.05, 0) is 17.7 Å². The van der Waals surface area contributed by atoms with E-state index >= 15 is 0 Å². The van der Waals surface area contributed by atoms with Gasteiger partial charge in [0.05, 0.1) is 12.1 Å². The van der Waals surface area contributed by atoms with Gasteiger partial charge < -0.3 is 15.2 Å². The van der Waals surface area contributed by atoms with Crippen LogP contribution in [0.3, 0.4) is 0 Å². The number of ether oxygens (including phenoxy) is 1. The van der Waals surface area contributed by atoms with E-state index in [9.17, 15) is 8.78 Å². The Labute approximate surface area is 139 Å². The molecule has 2 N–H and O–H groups in total. The zero-order chi connectivity index (χ0) is 15.5. The maximum atomic E-state index is 14.2. The fraction of sp³-hybridized carbons (Fsp3) is 0.571. The van der Waals surface area contributed by atoms with Gasteiger partial charge in [0.25, 0.3) is 5.92 Å². The molecule has 8 heteroatoms. The number of nitrogens with one attached hydrogen (secondary N) is 1. The molecule has 126 valence electrons. The Morgan fingerprint density at radius 2 is 2.05 bits per heavy atom. The molecule has 0 saturated carbocycles. The van der Waals surface area contributed by atoms with Crippen molar-refractivity contribution >= 4 is 24.0 Å². The van der Waals surface area contributed by atoms with Gasteiger partial charge in [0, 0.05) is 26.2 Å². The number of aliphatic hydroxyl groups excluding tert-OH is 1. The molecule has 2 rings (SSSR count). The summed E-state index contributed by atoms with van der Waals surface area (Å²) < 4.78 is 33.6. The normalized spacial score (nSPS) is 17.7. The van der Waals surface area contributed by atoms with Gasteiger partial charge in [-0.3, -0.25) is 4.90 Å². The summed E-state index contributed by atoms with van der Waals surface area (Å²) in [5, 5.41) is 12.6. The van der Waals surface area contributed by atoms with Crippen LogP contribution in [0.25, 0.3) is 0 Å². The van der Waals surface area contributed by atoms with Crippen LogP contribution in [-0.2, 0) is 0 Å². The van der Waals surface area contributed by atoms with Gasteiger partial charge in [-0.2, -0.15) is 0 Å². The molecule has 0 amide bonds. The smallest absolute Gasteiger partial charge is 0.289 e. The van der Waals surface area contributed by atoms with E-state index in [0.717, 1.165) is 0 Å². The van der Waals surface area contributed by atoms with Gasteiger partial charge in [0.1, 0.15) is 18.4 Å². The van der Waals surface area contributed by atoms with Crippen LogP contribution in [0.1, 0.15) is 11.6 Å². The molecule has 1 saturated heterocycles. The lowest BCUT2D eigenvalue weighted by atomic mass is 9.98. The van der Waals surface area contributed by atoms with E-state index in [1.165, 1.54) is 13.2 Å². The molecule has 1 fully saturated rings. The first-order chi connectivity index (χ1) is 9.99. The van der Waals surface area contributed by atoms with Crippen molar-refractivity contribution < 1.29 is 18.6 Å². The average molecular weight is 357 g/mol. The molecular weight excluding hydrogens is 337 g/mol. The molecule has 0 spiro atoms. The standard InChI is InChI=1S/C14H19ClF2N2O2.ClH/c1-21-12-8-10(2-3-11(12)15)13(14(16,17)9-20)19-6-4-18-5-7-19;/h2-3,8,13,18,20H,4-7,9H2,1H3;1H/t13-;/m0./s1. The number of benzene rings is 1. The first-order valence-electron chi connectivity index (χ1n) is 6.76. The lowest BCUT2D eigenvalue weighted by Crippen LogP contribution is -2.51. The topological polar surface area (TPSA) is 44.7 Å². The SMILES string of the molecule is COc1cc([C@H](N2CCNCC2)C(F)(F)CO)ccc1Cl.Cl. The number of halogens is 4. The van der Waals surface area contributed by atoms with Crippen molar-refractivity contribution in [2.75, 3.05) is 39.9 Å². The number of hydrogen-bond acceptors (Lipinski definition) is 4. The number of aliphatic hydroxyl groups is 1. The third-order valence-corrected chi connectivity index (χ3v) is 3.93. The van der Waals surface area contributed by atoms with Crippen LogP contribution in [0.15, 0.2) is 18.2 Å². The highest BCUT2D eigenvalue weighted by molar-refractivity contribution is 6.32. The van der Waals surface area contributed by atoms with E-state index in [4.69, 9.17) is 21.4 Å². The first kappa shape index (κ1) is 19.4. The van der Waals surface area contributed by atoms with Gasteiger partial charge >= 0.3 is 0 Å². The predicted octanol–water partition coefficient (Wildman–Crippen LogP) is 2.34. The second kappa shape index (κ2) is 8.26. The molecule has 1 aromatic rings. The lowest BCUT2D eigenvalue weighted by Gasteiger charge is -2.38. The Hall–Kier alpha value is -0.660. The summed E-state index contributed by atoms with van der Waals surface area (Å²) in [6.45, 7) is 1.06. The average Bonchev–Trinajstić information content (AvgIpc) is 2.50. The number of rotatable bonds is 5. The van der Waals surface area contributed by atoms with Crippen molar-refractivity contribution in [3.63, 3.8) is 0 Å². The number of piperazine rings is 1. The number of nitrogens with zero attached hydrogens (tertiary/aromatic N) is 1. The molecule has 1 heterocycles. The summed E-state index contributed by atoms with van der Waals surface area (Å²) in [5.74, 6) is -2.89. The molecule has 4 nitrogen and oxygen atoms in total. The number of methoxy groups -OCH3 is 1. The molecule has 0 unspecified atom stereocenters. The van der Waals surface area contributed by atoms with Crippen LogP contribution >= 0.6 is 24.0 Å². The molecule has 0 radical (unpaired) electrons. The van der Waals surface area contributed by atoms with Crippen molar-refractivity contribution in [2.45, 2.75) is 12.0 Å². The minimum atomic E-state index is -3.24. The monoisotopic (exact) mass is 356 g/mol. The second-order valence-electron chi connectivity index (χ2n) is 5.00. The third-order valence-electron chi connectivity index (χ3n) is 3.62. The van der Waals surface area contributed by atoms with Gasteiger partial charge in [0.2, 0.25) is 0 Å². The lowest BCUT2D eigenvalue weighted by molar-refractivity contribution is -0.118. The van der Waals surface area contributed by atoms with Crippen LogP contribution in [0.5, 0.6) is 5.75 Å². The maximum absolute atomic E-state index is 14.2. The fourth-order valence-corrected chi connectivity index (χ4v) is 2.79. The van der Waals surface area contributed by atoms with E-state index in [-0.39, 0.29) is 12.4 Å². The van der Waals surface area contributed by atoms with Gasteiger partial charge in [-0.15, -0.1) is 12.4 Å². The molecule has 22 heavy (non-hydrogen) atoms. The highest BCUT2D eigenvalue weighted by Crippen LogP contribution is 2.39. The van der Waals surface area contributed by atoms with Crippen LogP contribution < -0.4 is 10.1 Å². The third kappa shape index (κ3) is 4.20. The van der Waals surface area contributed by atoms with E-state index in [1.54, 1.807) is 17.0 Å². The molecular formula is C14H20Cl2F2N2O2. The van der Waals surface area contributed by atoms with E-state index in [0.29, 0.717) is 42.5 Å². The highest BCUT2D eigenvalue weighted by Gasteiger charge is 2.44. The minimum Gasteiger partial charge on any atom is -0.495 e. The van der Waals surface area contributed by atoms with Crippen LogP contribution in [0, 0.1) is 0 Å². The number of alkyl halides is 2. The molecule has 0 aromatic heterocycles. The van der Waals surface area contributed by atoms with Crippen LogP contribution in [0.4, 0.5) is 8.78 Å². The summed E-state index contributed by atoms with van der Waals surface area (Å²) in [6, 6.07) is 3.41. The quantitative estimate of drug-likeness (QED) is 0.849. The van der Waals surface area contributed by atoms with Crippen LogP contribution in [0.2, 0.25) is 5.02 Å². The Morgan fingerprint density at radius 3 is 2.59 bits per heavy atom. The maximum Gasteiger partial charge on any atom is 0.289 e. The van der Waals surface area contributed by atoms with Crippen molar-refractivity contribution in [3.05, 3.63) is 28.8 Å². The molecule has 1 aliphatic rings.